The molecule has 0 aliphatic carbocycles. The summed E-state index contributed by atoms with van der Waals surface area (Å²) in [7, 11) is -3.74. The number of nitrogens with zero attached hydrogens (tertiary/aromatic N) is 3. The molecule has 0 aliphatic rings. The minimum Gasteiger partial charge on any atom is -0.319 e. The lowest BCUT2D eigenvalue weighted by atomic mass is 10.3. The first-order valence-electron chi connectivity index (χ1n) is 5.96. The Labute approximate surface area is 121 Å². The fourth-order valence-corrected chi connectivity index (χ4v) is 3.25. The Balaban J connectivity index is 2.59. The van der Waals surface area contributed by atoms with Gasteiger partial charge in [-0.3, -0.25) is 0 Å². The third-order valence-electron chi connectivity index (χ3n) is 2.79. The minimum absolute atomic E-state index is 0.0376. The van der Waals surface area contributed by atoms with Gasteiger partial charge in [-0.1, -0.05) is 11.8 Å². The van der Waals surface area contributed by atoms with Crippen molar-refractivity contribution in [3.05, 3.63) is 18.2 Å². The van der Waals surface area contributed by atoms with Crippen LogP contribution in [0, 0.1) is 11.3 Å². The van der Waals surface area contributed by atoms with Crippen molar-refractivity contribution in [1.82, 2.24) is 9.55 Å². The molecule has 1 unspecified atom stereocenters. The van der Waals surface area contributed by atoms with Crippen LogP contribution < -0.4 is 5.14 Å². The monoisotopic (exact) mass is 310 g/mol. The number of primary sulfonamides is 1. The number of benzene rings is 1. The maximum Gasteiger partial charge on any atom is 0.238 e. The van der Waals surface area contributed by atoms with Gasteiger partial charge in [0.2, 0.25) is 10.0 Å². The molecule has 2 aromatic rings. The van der Waals surface area contributed by atoms with E-state index in [9.17, 15) is 8.42 Å². The molecule has 6 nitrogen and oxygen atoms in total. The van der Waals surface area contributed by atoms with Crippen LogP contribution >= 0.6 is 11.8 Å². The SMILES string of the molecule is CCn1c(SC(C)C#N)nc2cc(S(N)(=O)=O)ccc21. The molecule has 0 saturated carbocycles. The highest BCUT2D eigenvalue weighted by Crippen LogP contribution is 2.28. The molecular formula is C12H14N4O2S2. The van der Waals surface area contributed by atoms with E-state index in [0.717, 1.165) is 5.52 Å². The summed E-state index contributed by atoms with van der Waals surface area (Å²) in [5.41, 5.74) is 1.39. The molecule has 2 rings (SSSR count). The Morgan fingerprint density at radius 1 is 1.55 bits per heavy atom. The molecule has 0 aliphatic heterocycles. The number of nitrogens with two attached hydrogens (primary N) is 1. The Bertz CT molecular complexity index is 790. The summed E-state index contributed by atoms with van der Waals surface area (Å²) in [6.45, 7) is 4.45. The Kier molecular flexibility index (Phi) is 4.04. The van der Waals surface area contributed by atoms with Crippen molar-refractivity contribution in [3.8, 4) is 6.07 Å². The molecule has 1 aromatic carbocycles. The fraction of sp³-hybridized carbons (Fsp3) is 0.333. The van der Waals surface area contributed by atoms with Crippen LogP contribution in [-0.4, -0.2) is 23.2 Å². The maximum absolute atomic E-state index is 11.4. The van der Waals surface area contributed by atoms with Crippen LogP contribution in [0.3, 0.4) is 0 Å². The Hall–Kier alpha value is -1.56. The number of hydrogen-bond donors (Lipinski definition) is 1. The second-order valence-corrected chi connectivity index (χ2v) is 7.09. The van der Waals surface area contributed by atoms with Crippen LogP contribution in [0.15, 0.2) is 28.3 Å². The fourth-order valence-electron chi connectivity index (χ4n) is 1.84. The zero-order valence-corrected chi connectivity index (χ0v) is 12.7. The van der Waals surface area contributed by atoms with Crippen molar-refractivity contribution in [2.45, 2.75) is 35.7 Å². The molecule has 106 valence electrons. The molecule has 0 saturated heterocycles. The second kappa shape index (κ2) is 5.44. The molecule has 1 heterocycles. The first kappa shape index (κ1) is 14.8. The molecule has 1 aromatic heterocycles. The van der Waals surface area contributed by atoms with Crippen LogP contribution in [0.4, 0.5) is 0 Å². The normalized spacial score (nSPS) is 13.3. The van der Waals surface area contributed by atoms with Crippen LogP contribution in [0.2, 0.25) is 0 Å². The third-order valence-corrected chi connectivity index (χ3v) is 4.69. The Morgan fingerprint density at radius 2 is 2.25 bits per heavy atom. The lowest BCUT2D eigenvalue weighted by molar-refractivity contribution is 0.598. The molecule has 0 radical (unpaired) electrons. The molecule has 0 amide bonds. The first-order chi connectivity index (χ1) is 9.36. The predicted molar refractivity (Wildman–Crippen MR) is 77.7 cm³/mol. The van der Waals surface area contributed by atoms with E-state index >= 15 is 0 Å². The van der Waals surface area contributed by atoms with Gasteiger partial charge in [0.15, 0.2) is 5.16 Å². The van der Waals surface area contributed by atoms with E-state index < -0.39 is 10.0 Å². The summed E-state index contributed by atoms with van der Waals surface area (Å²) in [6.07, 6.45) is 0. The number of hydrogen-bond acceptors (Lipinski definition) is 5. The van der Waals surface area contributed by atoms with Gasteiger partial charge in [-0.2, -0.15) is 5.26 Å². The van der Waals surface area contributed by atoms with Crippen molar-refractivity contribution in [3.63, 3.8) is 0 Å². The highest BCUT2D eigenvalue weighted by atomic mass is 32.2. The van der Waals surface area contributed by atoms with E-state index in [1.54, 1.807) is 13.0 Å². The summed E-state index contributed by atoms with van der Waals surface area (Å²) in [5.74, 6) is 0. The standard InChI is InChI=1S/C12H14N4O2S2/c1-3-16-11-5-4-9(20(14,17)18)6-10(11)15-12(16)19-8(2)7-13/h4-6,8H,3H2,1-2H3,(H2,14,17,18). The van der Waals surface area contributed by atoms with Gasteiger partial charge < -0.3 is 4.57 Å². The lowest BCUT2D eigenvalue weighted by Crippen LogP contribution is -2.11. The van der Waals surface area contributed by atoms with Crippen molar-refractivity contribution < 1.29 is 8.42 Å². The van der Waals surface area contributed by atoms with Gasteiger partial charge in [0.1, 0.15) is 0 Å². The molecule has 20 heavy (non-hydrogen) atoms. The Morgan fingerprint density at radius 3 is 2.80 bits per heavy atom. The molecule has 2 N–H and O–H groups in total. The molecule has 0 fully saturated rings. The van der Waals surface area contributed by atoms with E-state index in [0.29, 0.717) is 17.2 Å². The lowest BCUT2D eigenvalue weighted by Gasteiger charge is -2.06. The number of nitriles is 1. The third kappa shape index (κ3) is 2.80. The number of imidazole rings is 1. The minimum atomic E-state index is -3.74. The second-order valence-electron chi connectivity index (χ2n) is 4.22. The van der Waals surface area contributed by atoms with Crippen LogP contribution in [0.1, 0.15) is 13.8 Å². The number of aryl methyl sites for hydroxylation is 1. The van der Waals surface area contributed by atoms with Crippen molar-refractivity contribution in [1.29, 1.82) is 5.26 Å². The van der Waals surface area contributed by atoms with Gasteiger partial charge in [-0.05, 0) is 32.0 Å². The van der Waals surface area contributed by atoms with Gasteiger partial charge in [-0.15, -0.1) is 0 Å². The van der Waals surface area contributed by atoms with Gasteiger partial charge in [0, 0.05) is 6.54 Å². The van der Waals surface area contributed by atoms with Crippen molar-refractivity contribution in [2.75, 3.05) is 0 Å². The summed E-state index contributed by atoms with van der Waals surface area (Å²) in [5, 5.41) is 14.5. The van der Waals surface area contributed by atoms with Crippen LogP contribution in [0.25, 0.3) is 11.0 Å². The van der Waals surface area contributed by atoms with E-state index in [2.05, 4.69) is 11.1 Å². The molecule has 0 spiro atoms. The maximum atomic E-state index is 11.4. The quantitative estimate of drug-likeness (QED) is 0.866. The van der Waals surface area contributed by atoms with Gasteiger partial charge in [-0.25, -0.2) is 18.5 Å². The first-order valence-corrected chi connectivity index (χ1v) is 8.38. The molecular weight excluding hydrogens is 296 g/mol. The van der Waals surface area contributed by atoms with E-state index in [1.165, 1.54) is 23.9 Å². The van der Waals surface area contributed by atoms with Gasteiger partial charge in [0.25, 0.3) is 0 Å². The van der Waals surface area contributed by atoms with Crippen molar-refractivity contribution in [2.24, 2.45) is 5.14 Å². The van der Waals surface area contributed by atoms with Gasteiger partial charge in [0.05, 0.1) is 27.2 Å². The topological polar surface area (TPSA) is 102 Å². The summed E-state index contributed by atoms with van der Waals surface area (Å²) >= 11 is 1.34. The highest BCUT2D eigenvalue weighted by molar-refractivity contribution is 8.00. The average molecular weight is 310 g/mol. The number of aromatic nitrogens is 2. The van der Waals surface area contributed by atoms with E-state index in [-0.39, 0.29) is 10.1 Å². The van der Waals surface area contributed by atoms with Gasteiger partial charge >= 0.3 is 0 Å². The predicted octanol–water partition coefficient (Wildman–Crippen LogP) is 1.71. The highest BCUT2D eigenvalue weighted by Gasteiger charge is 2.16. The van der Waals surface area contributed by atoms with E-state index in [1.807, 2.05) is 11.5 Å². The van der Waals surface area contributed by atoms with E-state index in [4.69, 9.17) is 10.4 Å². The zero-order valence-electron chi connectivity index (χ0n) is 11.1. The largest absolute Gasteiger partial charge is 0.319 e. The zero-order chi connectivity index (χ0) is 14.9. The number of thioether (sulfide) groups is 1. The average Bonchev–Trinajstić information content (AvgIpc) is 2.73. The number of sulfonamides is 1. The smallest absolute Gasteiger partial charge is 0.238 e. The number of rotatable bonds is 4. The molecule has 0 bridgehead atoms. The van der Waals surface area contributed by atoms with Crippen LogP contribution in [-0.2, 0) is 16.6 Å². The molecule has 8 heteroatoms. The molecule has 1 atom stereocenters. The summed E-state index contributed by atoms with van der Waals surface area (Å²) < 4.78 is 24.7. The summed E-state index contributed by atoms with van der Waals surface area (Å²) in [4.78, 5) is 4.44. The van der Waals surface area contributed by atoms with Crippen molar-refractivity contribution >= 4 is 32.8 Å². The number of fused-ring (bicyclic) bond motifs is 1. The van der Waals surface area contributed by atoms with Crippen LogP contribution in [0.5, 0.6) is 0 Å². The summed E-state index contributed by atoms with van der Waals surface area (Å²) in [6, 6.07) is 6.75.